The van der Waals surface area contributed by atoms with Crippen molar-refractivity contribution in [3.8, 4) is 0 Å². The van der Waals surface area contributed by atoms with Crippen LogP contribution in [0.1, 0.15) is 17.0 Å². The monoisotopic (exact) mass is 405 g/mol. The summed E-state index contributed by atoms with van der Waals surface area (Å²) in [4.78, 5) is 15.4. The minimum Gasteiger partial charge on any atom is -0.359 e. The summed E-state index contributed by atoms with van der Waals surface area (Å²) >= 11 is 1.58. The Kier molecular flexibility index (Phi) is 5.71. The Balaban J connectivity index is 1.47. The number of benzene rings is 2. The molecule has 0 radical (unpaired) electrons. The molecule has 0 fully saturated rings. The van der Waals surface area contributed by atoms with E-state index in [4.69, 9.17) is 4.52 Å². The summed E-state index contributed by atoms with van der Waals surface area (Å²) in [5.41, 5.74) is 3.25. The Bertz CT molecular complexity index is 1120. The molecule has 0 saturated heterocycles. The van der Waals surface area contributed by atoms with E-state index >= 15 is 0 Å². The van der Waals surface area contributed by atoms with Crippen molar-refractivity contribution < 1.29 is 9.32 Å². The lowest BCUT2D eigenvalue weighted by atomic mass is 10.2. The van der Waals surface area contributed by atoms with E-state index in [-0.39, 0.29) is 5.91 Å². The highest BCUT2D eigenvalue weighted by molar-refractivity contribution is 8.00. The highest BCUT2D eigenvalue weighted by Gasteiger charge is 2.15. The predicted octanol–water partition coefficient (Wildman–Crippen LogP) is 4.74. The zero-order valence-electron chi connectivity index (χ0n) is 16.5. The molecule has 6 heteroatoms. The SMILES string of the molecule is Cc1cc(CN(C)C(=O)CSc2cn(Cc3ccccc3)c3ccccc23)on1. The Hall–Kier alpha value is -2.99. The Morgan fingerprint density at radius 3 is 2.66 bits per heavy atom. The van der Waals surface area contributed by atoms with Gasteiger partial charge in [0.05, 0.1) is 18.0 Å². The molecule has 0 aliphatic heterocycles. The van der Waals surface area contributed by atoms with E-state index in [0.29, 0.717) is 18.1 Å². The molecule has 0 unspecified atom stereocenters. The second-order valence-electron chi connectivity index (χ2n) is 7.10. The van der Waals surface area contributed by atoms with Crippen LogP contribution in [0.25, 0.3) is 10.9 Å². The van der Waals surface area contributed by atoms with Crippen LogP contribution in [0, 0.1) is 6.92 Å². The minimum atomic E-state index is 0.0592. The average Bonchev–Trinajstić information content (AvgIpc) is 3.30. The molecule has 1 amide bonds. The van der Waals surface area contributed by atoms with E-state index in [1.54, 1.807) is 23.7 Å². The topological polar surface area (TPSA) is 51.3 Å². The van der Waals surface area contributed by atoms with Gasteiger partial charge in [-0.2, -0.15) is 0 Å². The van der Waals surface area contributed by atoms with Gasteiger partial charge in [0.2, 0.25) is 5.91 Å². The number of thioether (sulfide) groups is 1. The van der Waals surface area contributed by atoms with Crippen LogP contribution < -0.4 is 0 Å². The molecule has 0 saturated carbocycles. The van der Waals surface area contributed by atoms with Gasteiger partial charge in [-0.25, -0.2) is 0 Å². The second-order valence-corrected chi connectivity index (χ2v) is 8.11. The summed E-state index contributed by atoms with van der Waals surface area (Å²) < 4.78 is 7.46. The van der Waals surface area contributed by atoms with Crippen LogP contribution >= 0.6 is 11.8 Å². The summed E-state index contributed by atoms with van der Waals surface area (Å²) in [5, 5.41) is 5.05. The number of rotatable bonds is 7. The first kappa shape index (κ1) is 19.3. The number of aromatic nitrogens is 2. The number of amides is 1. The fraction of sp³-hybridized carbons (Fsp3) is 0.217. The zero-order valence-corrected chi connectivity index (χ0v) is 17.4. The summed E-state index contributed by atoms with van der Waals surface area (Å²) in [6, 6.07) is 20.6. The van der Waals surface area contributed by atoms with E-state index < -0.39 is 0 Å². The molecule has 0 spiro atoms. The summed E-state index contributed by atoms with van der Waals surface area (Å²) in [7, 11) is 1.79. The molecule has 5 nitrogen and oxygen atoms in total. The minimum absolute atomic E-state index is 0.0592. The molecule has 148 valence electrons. The molecule has 0 bridgehead atoms. The highest BCUT2D eigenvalue weighted by Crippen LogP contribution is 2.30. The number of aryl methyl sites for hydroxylation is 1. The van der Waals surface area contributed by atoms with E-state index in [1.165, 1.54) is 16.5 Å². The van der Waals surface area contributed by atoms with Gasteiger partial charge < -0.3 is 14.0 Å². The average molecular weight is 406 g/mol. The Labute approximate surface area is 174 Å². The third-order valence-electron chi connectivity index (χ3n) is 4.79. The third kappa shape index (κ3) is 4.54. The highest BCUT2D eigenvalue weighted by atomic mass is 32.2. The first-order valence-corrected chi connectivity index (χ1v) is 10.5. The Morgan fingerprint density at radius 2 is 1.90 bits per heavy atom. The fourth-order valence-electron chi connectivity index (χ4n) is 3.30. The van der Waals surface area contributed by atoms with Crippen molar-refractivity contribution in [3.63, 3.8) is 0 Å². The van der Waals surface area contributed by atoms with E-state index in [1.807, 2.05) is 25.1 Å². The molecule has 2 aromatic carbocycles. The van der Waals surface area contributed by atoms with Crippen LogP contribution in [0.4, 0.5) is 0 Å². The quantitative estimate of drug-likeness (QED) is 0.417. The van der Waals surface area contributed by atoms with Crippen LogP contribution in [0.2, 0.25) is 0 Å². The van der Waals surface area contributed by atoms with Gasteiger partial charge in [-0.05, 0) is 18.6 Å². The summed E-state index contributed by atoms with van der Waals surface area (Å²) in [5.74, 6) is 1.13. The molecular formula is C23H23N3O2S. The van der Waals surface area contributed by atoms with Crippen LogP contribution in [-0.4, -0.2) is 33.3 Å². The van der Waals surface area contributed by atoms with Gasteiger partial charge in [0.25, 0.3) is 0 Å². The van der Waals surface area contributed by atoms with Crippen molar-refractivity contribution in [1.82, 2.24) is 14.6 Å². The maximum absolute atomic E-state index is 12.6. The van der Waals surface area contributed by atoms with Gasteiger partial charge in [-0.3, -0.25) is 4.79 Å². The van der Waals surface area contributed by atoms with Gasteiger partial charge in [0.15, 0.2) is 5.76 Å². The van der Waals surface area contributed by atoms with Crippen molar-refractivity contribution >= 4 is 28.6 Å². The molecule has 0 N–H and O–H groups in total. The first-order chi connectivity index (χ1) is 14.1. The third-order valence-corrected chi connectivity index (χ3v) is 5.82. The van der Waals surface area contributed by atoms with E-state index in [2.05, 4.69) is 58.4 Å². The summed E-state index contributed by atoms with van der Waals surface area (Å²) in [6.07, 6.45) is 2.15. The molecule has 0 aliphatic carbocycles. The van der Waals surface area contributed by atoms with Crippen LogP contribution in [0.5, 0.6) is 0 Å². The largest absolute Gasteiger partial charge is 0.359 e. The van der Waals surface area contributed by atoms with Gasteiger partial charge in [-0.15, -0.1) is 11.8 Å². The lowest BCUT2D eigenvalue weighted by molar-refractivity contribution is -0.127. The van der Waals surface area contributed by atoms with Crippen molar-refractivity contribution in [1.29, 1.82) is 0 Å². The zero-order chi connectivity index (χ0) is 20.2. The van der Waals surface area contributed by atoms with Gasteiger partial charge in [0.1, 0.15) is 0 Å². The molecule has 0 atom stereocenters. The number of para-hydroxylation sites is 1. The van der Waals surface area contributed by atoms with Crippen molar-refractivity contribution in [2.45, 2.75) is 24.9 Å². The number of carbonyl (C=O) groups excluding carboxylic acids is 1. The standard InChI is InChI=1S/C23H23N3O2S/c1-17-12-19(28-24-17)14-25(2)23(27)16-29-22-15-26(13-18-8-4-3-5-9-18)21-11-7-6-10-20(21)22/h3-12,15H,13-14,16H2,1-2H3. The lowest BCUT2D eigenvalue weighted by Crippen LogP contribution is -2.27. The van der Waals surface area contributed by atoms with E-state index in [0.717, 1.165) is 17.1 Å². The number of nitrogens with zero attached hydrogens (tertiary/aromatic N) is 3. The second kappa shape index (κ2) is 8.57. The summed E-state index contributed by atoms with van der Waals surface area (Å²) in [6.45, 7) is 3.10. The fourth-order valence-corrected chi connectivity index (χ4v) is 4.33. The van der Waals surface area contributed by atoms with Gasteiger partial charge in [-0.1, -0.05) is 53.7 Å². The number of carbonyl (C=O) groups is 1. The van der Waals surface area contributed by atoms with Gasteiger partial charge in [0, 0.05) is 41.7 Å². The lowest BCUT2D eigenvalue weighted by Gasteiger charge is -2.14. The number of hydrogen-bond donors (Lipinski definition) is 0. The maximum atomic E-state index is 12.6. The van der Waals surface area contributed by atoms with E-state index in [9.17, 15) is 4.79 Å². The van der Waals surface area contributed by atoms with Gasteiger partial charge >= 0.3 is 0 Å². The molecule has 4 rings (SSSR count). The molecule has 2 aromatic heterocycles. The molecule has 0 aliphatic rings. The van der Waals surface area contributed by atoms with Crippen LogP contribution in [0.3, 0.4) is 0 Å². The normalized spacial score (nSPS) is 11.1. The molecular weight excluding hydrogens is 382 g/mol. The molecule has 2 heterocycles. The number of fused-ring (bicyclic) bond motifs is 1. The Morgan fingerprint density at radius 1 is 1.14 bits per heavy atom. The van der Waals surface area contributed by atoms with Crippen molar-refractivity contribution in [3.05, 3.63) is 83.9 Å². The predicted molar refractivity (Wildman–Crippen MR) is 116 cm³/mol. The van der Waals surface area contributed by atoms with Crippen molar-refractivity contribution in [2.24, 2.45) is 0 Å². The first-order valence-electron chi connectivity index (χ1n) is 9.51. The smallest absolute Gasteiger partial charge is 0.233 e. The number of hydrogen-bond acceptors (Lipinski definition) is 4. The molecule has 29 heavy (non-hydrogen) atoms. The maximum Gasteiger partial charge on any atom is 0.233 e. The van der Waals surface area contributed by atoms with Crippen molar-refractivity contribution in [2.75, 3.05) is 12.8 Å². The van der Waals surface area contributed by atoms with Crippen LogP contribution in [-0.2, 0) is 17.9 Å². The molecule has 4 aromatic rings. The van der Waals surface area contributed by atoms with Crippen LogP contribution in [0.15, 0.2) is 76.3 Å².